The van der Waals surface area contributed by atoms with E-state index in [4.69, 9.17) is 15.5 Å². The summed E-state index contributed by atoms with van der Waals surface area (Å²) in [6.45, 7) is 6.71. The lowest BCUT2D eigenvalue weighted by Gasteiger charge is -2.33. The van der Waals surface area contributed by atoms with Crippen molar-refractivity contribution in [2.45, 2.75) is 26.2 Å². The number of carbonyl (C=O) groups is 1. The summed E-state index contributed by atoms with van der Waals surface area (Å²) in [7, 11) is 0. The molecule has 1 atom stereocenters. The number of hydrogen-bond acceptors (Lipinski definition) is 6. The van der Waals surface area contributed by atoms with Gasteiger partial charge in [0.05, 0.1) is 19.1 Å². The Morgan fingerprint density at radius 2 is 2.09 bits per heavy atom. The van der Waals surface area contributed by atoms with Gasteiger partial charge in [-0.15, -0.1) is 0 Å². The zero-order valence-electron chi connectivity index (χ0n) is 13.7. The molecule has 0 spiro atoms. The second kappa shape index (κ2) is 7.12. The third kappa shape index (κ3) is 3.72. The monoisotopic (exact) mass is 319 g/mol. The molecule has 0 aromatic carbocycles. The van der Waals surface area contributed by atoms with E-state index in [9.17, 15) is 4.79 Å². The third-order valence-electron chi connectivity index (χ3n) is 4.56. The standard InChI is InChI=1S/C16H25N5O2/c1-2-13-10-14(21-5-3-4-12(11-21)15(17)22)19-16(18-13)20-6-8-23-9-7-20/h10,12H,2-9,11H2,1H3,(H2,17,22)/t12-/m0/s1. The normalized spacial score (nSPS) is 22.2. The number of carbonyl (C=O) groups excluding carboxylic acids is 1. The maximum absolute atomic E-state index is 11.5. The van der Waals surface area contributed by atoms with Crippen molar-refractivity contribution in [3.05, 3.63) is 11.8 Å². The van der Waals surface area contributed by atoms with Crippen LogP contribution >= 0.6 is 0 Å². The fourth-order valence-electron chi connectivity index (χ4n) is 3.13. The zero-order chi connectivity index (χ0) is 16.2. The first kappa shape index (κ1) is 16.0. The molecule has 7 heteroatoms. The number of ether oxygens (including phenoxy) is 1. The van der Waals surface area contributed by atoms with Crippen molar-refractivity contribution < 1.29 is 9.53 Å². The molecule has 1 aromatic rings. The number of piperidine rings is 1. The summed E-state index contributed by atoms with van der Waals surface area (Å²) in [5.74, 6) is 1.37. The highest BCUT2D eigenvalue weighted by Gasteiger charge is 2.26. The van der Waals surface area contributed by atoms with Gasteiger partial charge in [-0.25, -0.2) is 4.98 Å². The van der Waals surface area contributed by atoms with Crippen LogP contribution in [-0.2, 0) is 16.0 Å². The predicted octanol–water partition coefficient (Wildman–Crippen LogP) is 0.577. The van der Waals surface area contributed by atoms with Crippen molar-refractivity contribution >= 4 is 17.7 Å². The van der Waals surface area contributed by atoms with Gasteiger partial charge in [0, 0.05) is 37.9 Å². The van der Waals surface area contributed by atoms with Crippen LogP contribution in [0, 0.1) is 5.92 Å². The highest BCUT2D eigenvalue weighted by molar-refractivity contribution is 5.77. The van der Waals surface area contributed by atoms with Crippen LogP contribution in [0.4, 0.5) is 11.8 Å². The first-order valence-electron chi connectivity index (χ1n) is 8.42. The number of amides is 1. The van der Waals surface area contributed by atoms with Gasteiger partial charge < -0.3 is 20.3 Å². The molecule has 2 N–H and O–H groups in total. The molecule has 0 aliphatic carbocycles. The van der Waals surface area contributed by atoms with Gasteiger partial charge in [-0.3, -0.25) is 4.79 Å². The SMILES string of the molecule is CCc1cc(N2CCC[C@H](C(N)=O)C2)nc(N2CCOCC2)n1. The molecule has 2 aliphatic heterocycles. The van der Waals surface area contributed by atoms with Crippen molar-refractivity contribution in [2.24, 2.45) is 11.7 Å². The summed E-state index contributed by atoms with van der Waals surface area (Å²) >= 11 is 0. The number of nitrogens with two attached hydrogens (primary N) is 1. The van der Waals surface area contributed by atoms with Crippen molar-refractivity contribution in [2.75, 3.05) is 49.2 Å². The summed E-state index contributed by atoms with van der Waals surface area (Å²) in [5.41, 5.74) is 6.52. The van der Waals surface area contributed by atoms with Crippen LogP contribution in [0.2, 0.25) is 0 Å². The quantitative estimate of drug-likeness (QED) is 0.874. The largest absolute Gasteiger partial charge is 0.378 e. The van der Waals surface area contributed by atoms with E-state index in [1.807, 2.05) is 6.07 Å². The van der Waals surface area contributed by atoms with E-state index in [1.165, 1.54) is 0 Å². The van der Waals surface area contributed by atoms with E-state index in [-0.39, 0.29) is 11.8 Å². The summed E-state index contributed by atoms with van der Waals surface area (Å²) in [6, 6.07) is 2.04. The van der Waals surface area contributed by atoms with Crippen LogP contribution in [0.25, 0.3) is 0 Å². The molecule has 1 amide bonds. The van der Waals surface area contributed by atoms with Gasteiger partial charge in [0.1, 0.15) is 5.82 Å². The Hall–Kier alpha value is -1.89. The summed E-state index contributed by atoms with van der Waals surface area (Å²) in [5, 5.41) is 0. The van der Waals surface area contributed by atoms with Crippen LogP contribution in [0.3, 0.4) is 0 Å². The van der Waals surface area contributed by atoms with Crippen molar-refractivity contribution in [1.82, 2.24) is 9.97 Å². The number of anilines is 2. The smallest absolute Gasteiger partial charge is 0.227 e. The fourth-order valence-corrected chi connectivity index (χ4v) is 3.13. The average Bonchev–Trinajstić information content (AvgIpc) is 2.62. The number of aryl methyl sites for hydroxylation is 1. The Labute approximate surface area is 136 Å². The number of primary amides is 1. The lowest BCUT2D eigenvalue weighted by Crippen LogP contribution is -2.42. The Kier molecular flexibility index (Phi) is 4.95. The van der Waals surface area contributed by atoms with Crippen molar-refractivity contribution in [3.63, 3.8) is 0 Å². The van der Waals surface area contributed by atoms with Gasteiger partial charge in [0.2, 0.25) is 11.9 Å². The van der Waals surface area contributed by atoms with Gasteiger partial charge in [0.15, 0.2) is 0 Å². The van der Waals surface area contributed by atoms with Gasteiger partial charge in [-0.05, 0) is 19.3 Å². The minimum Gasteiger partial charge on any atom is -0.378 e. The fraction of sp³-hybridized carbons (Fsp3) is 0.688. The lowest BCUT2D eigenvalue weighted by atomic mass is 9.97. The van der Waals surface area contributed by atoms with E-state index in [0.29, 0.717) is 19.8 Å². The minimum atomic E-state index is -0.215. The molecule has 0 unspecified atom stereocenters. The molecular weight excluding hydrogens is 294 g/mol. The van der Waals surface area contributed by atoms with Gasteiger partial charge in [0.25, 0.3) is 0 Å². The molecular formula is C16H25N5O2. The van der Waals surface area contributed by atoms with E-state index < -0.39 is 0 Å². The Morgan fingerprint density at radius 3 is 2.78 bits per heavy atom. The number of aromatic nitrogens is 2. The lowest BCUT2D eigenvalue weighted by molar-refractivity contribution is -0.122. The Balaban J connectivity index is 1.84. The molecule has 7 nitrogen and oxygen atoms in total. The van der Waals surface area contributed by atoms with Crippen molar-refractivity contribution in [1.29, 1.82) is 0 Å². The van der Waals surface area contributed by atoms with Crippen LogP contribution in [0.1, 0.15) is 25.5 Å². The van der Waals surface area contributed by atoms with Gasteiger partial charge >= 0.3 is 0 Å². The first-order valence-corrected chi connectivity index (χ1v) is 8.42. The second-order valence-corrected chi connectivity index (χ2v) is 6.16. The van der Waals surface area contributed by atoms with Crippen LogP contribution in [0.5, 0.6) is 0 Å². The molecule has 23 heavy (non-hydrogen) atoms. The Morgan fingerprint density at radius 1 is 1.30 bits per heavy atom. The highest BCUT2D eigenvalue weighted by atomic mass is 16.5. The van der Waals surface area contributed by atoms with Crippen LogP contribution in [-0.4, -0.2) is 55.3 Å². The van der Waals surface area contributed by atoms with Gasteiger partial charge in [-0.1, -0.05) is 6.92 Å². The molecule has 2 fully saturated rings. The molecule has 126 valence electrons. The summed E-state index contributed by atoms with van der Waals surface area (Å²) in [6.07, 6.45) is 2.69. The Bertz CT molecular complexity index is 559. The zero-order valence-corrected chi connectivity index (χ0v) is 13.7. The number of morpholine rings is 1. The van der Waals surface area contributed by atoms with Crippen molar-refractivity contribution in [3.8, 4) is 0 Å². The molecule has 1 aromatic heterocycles. The van der Waals surface area contributed by atoms with E-state index in [1.54, 1.807) is 0 Å². The molecule has 0 saturated carbocycles. The maximum Gasteiger partial charge on any atom is 0.227 e. The predicted molar refractivity (Wildman–Crippen MR) is 88.6 cm³/mol. The topological polar surface area (TPSA) is 84.6 Å². The molecule has 2 aliphatic rings. The first-order chi connectivity index (χ1) is 11.2. The molecule has 3 rings (SSSR count). The molecule has 0 bridgehead atoms. The maximum atomic E-state index is 11.5. The summed E-state index contributed by atoms with van der Waals surface area (Å²) in [4.78, 5) is 25.3. The minimum absolute atomic E-state index is 0.0874. The number of hydrogen-bond donors (Lipinski definition) is 1. The molecule has 2 saturated heterocycles. The van der Waals surface area contributed by atoms with Crippen LogP contribution < -0.4 is 15.5 Å². The third-order valence-corrected chi connectivity index (χ3v) is 4.56. The summed E-state index contributed by atoms with van der Waals surface area (Å²) < 4.78 is 5.41. The van der Waals surface area contributed by atoms with E-state index in [0.717, 1.165) is 56.4 Å². The molecule has 0 radical (unpaired) electrons. The number of rotatable bonds is 4. The van der Waals surface area contributed by atoms with E-state index in [2.05, 4.69) is 21.7 Å². The second-order valence-electron chi connectivity index (χ2n) is 6.16. The molecule has 3 heterocycles. The number of nitrogens with zero attached hydrogens (tertiary/aromatic N) is 4. The van der Waals surface area contributed by atoms with Crippen LogP contribution in [0.15, 0.2) is 6.07 Å². The van der Waals surface area contributed by atoms with E-state index >= 15 is 0 Å². The average molecular weight is 319 g/mol. The van der Waals surface area contributed by atoms with Gasteiger partial charge in [-0.2, -0.15) is 4.98 Å². The highest BCUT2D eigenvalue weighted by Crippen LogP contribution is 2.24.